The zero-order valence-corrected chi connectivity index (χ0v) is 13.9. The monoisotopic (exact) mass is 411 g/mol. The van der Waals surface area contributed by atoms with E-state index in [1.165, 1.54) is 24.3 Å². The number of hydrogen-bond acceptors (Lipinski definition) is 3. The summed E-state index contributed by atoms with van der Waals surface area (Å²) in [6.45, 7) is -3.01. The quantitative estimate of drug-likeness (QED) is 0.786. The molecule has 0 radical (unpaired) electrons. The molecule has 0 heterocycles. The van der Waals surface area contributed by atoms with Gasteiger partial charge in [0.15, 0.2) is 0 Å². The van der Waals surface area contributed by atoms with Gasteiger partial charge in [-0.1, -0.05) is 27.5 Å². The number of alkyl halides is 2. The summed E-state index contributed by atoms with van der Waals surface area (Å²) in [4.78, 5) is 0.0553. The summed E-state index contributed by atoms with van der Waals surface area (Å²) in [6.07, 6.45) is 0. The van der Waals surface area contributed by atoms with Crippen LogP contribution in [0.25, 0.3) is 0 Å². The van der Waals surface area contributed by atoms with Crippen LogP contribution in [-0.2, 0) is 10.0 Å². The third kappa shape index (κ3) is 4.31. The predicted octanol–water partition coefficient (Wildman–Crippen LogP) is 4.50. The van der Waals surface area contributed by atoms with Crippen LogP contribution in [-0.4, -0.2) is 15.0 Å². The first kappa shape index (κ1) is 17.0. The molecule has 2 rings (SSSR count). The number of nitrogens with one attached hydrogen (secondary N) is 1. The molecule has 4 nitrogen and oxygen atoms in total. The molecule has 22 heavy (non-hydrogen) atoms. The van der Waals surface area contributed by atoms with E-state index < -0.39 is 16.6 Å². The smallest absolute Gasteiger partial charge is 0.387 e. The van der Waals surface area contributed by atoms with E-state index in [0.717, 1.165) is 10.5 Å². The van der Waals surface area contributed by atoms with Crippen molar-refractivity contribution in [2.24, 2.45) is 0 Å². The highest BCUT2D eigenvalue weighted by molar-refractivity contribution is 9.10. The first-order valence-electron chi connectivity index (χ1n) is 5.81. The first-order chi connectivity index (χ1) is 10.3. The minimum atomic E-state index is -3.80. The van der Waals surface area contributed by atoms with Crippen molar-refractivity contribution in [2.45, 2.75) is 11.5 Å². The van der Waals surface area contributed by atoms with Crippen LogP contribution >= 0.6 is 27.5 Å². The highest BCUT2D eigenvalue weighted by Crippen LogP contribution is 2.30. The molecular weight excluding hydrogens is 404 g/mol. The highest BCUT2D eigenvalue weighted by Gasteiger charge is 2.15. The van der Waals surface area contributed by atoms with Crippen molar-refractivity contribution in [3.05, 3.63) is 52.0 Å². The molecule has 0 aliphatic carbocycles. The molecule has 0 bridgehead atoms. The average Bonchev–Trinajstić information content (AvgIpc) is 2.41. The van der Waals surface area contributed by atoms with Gasteiger partial charge in [-0.05, 0) is 42.5 Å². The Morgan fingerprint density at radius 1 is 1.14 bits per heavy atom. The number of ether oxygens (including phenoxy) is 1. The molecule has 0 saturated carbocycles. The third-order valence-corrected chi connectivity index (χ3v) is 4.75. The molecule has 118 valence electrons. The molecule has 1 N–H and O–H groups in total. The lowest BCUT2D eigenvalue weighted by Crippen LogP contribution is -2.13. The van der Waals surface area contributed by atoms with Gasteiger partial charge in [0.25, 0.3) is 10.0 Å². The summed E-state index contributed by atoms with van der Waals surface area (Å²) in [6, 6.07) is 9.64. The van der Waals surface area contributed by atoms with Gasteiger partial charge in [-0.2, -0.15) is 8.78 Å². The maximum absolute atomic E-state index is 12.2. The van der Waals surface area contributed by atoms with E-state index in [-0.39, 0.29) is 21.4 Å². The number of halogens is 4. The van der Waals surface area contributed by atoms with Crippen LogP contribution in [0.15, 0.2) is 51.8 Å². The topological polar surface area (TPSA) is 55.4 Å². The molecule has 0 aliphatic heterocycles. The van der Waals surface area contributed by atoms with Crippen LogP contribution in [0.3, 0.4) is 0 Å². The summed E-state index contributed by atoms with van der Waals surface area (Å²) in [5.41, 5.74) is 0.134. The molecule has 0 saturated heterocycles. The van der Waals surface area contributed by atoms with Crippen molar-refractivity contribution in [2.75, 3.05) is 4.72 Å². The normalized spacial score (nSPS) is 11.5. The Bertz CT molecular complexity index is 769. The van der Waals surface area contributed by atoms with Crippen LogP contribution in [0.5, 0.6) is 5.75 Å². The molecular formula is C13H9BrClF2NO3S. The van der Waals surface area contributed by atoms with Crippen molar-refractivity contribution in [1.82, 2.24) is 0 Å². The predicted molar refractivity (Wildman–Crippen MR) is 83.0 cm³/mol. The van der Waals surface area contributed by atoms with Gasteiger partial charge < -0.3 is 4.74 Å². The minimum Gasteiger partial charge on any atom is -0.433 e. The molecule has 0 atom stereocenters. The standard InChI is InChI=1S/C13H9BrClF2NO3S/c14-8-1-4-10(5-2-8)22(19,20)18-9-3-6-12(11(15)7-9)21-13(16)17/h1-7,13,18H. The van der Waals surface area contributed by atoms with Crippen molar-refractivity contribution in [1.29, 1.82) is 0 Å². The summed E-state index contributed by atoms with van der Waals surface area (Å²) in [7, 11) is -3.80. The Morgan fingerprint density at radius 3 is 2.32 bits per heavy atom. The average molecular weight is 413 g/mol. The van der Waals surface area contributed by atoms with Gasteiger partial charge in [0.1, 0.15) is 5.75 Å². The fourth-order valence-corrected chi connectivity index (χ4v) is 3.12. The number of rotatable bonds is 5. The number of benzene rings is 2. The van der Waals surface area contributed by atoms with Crippen molar-refractivity contribution in [3.63, 3.8) is 0 Å². The fraction of sp³-hybridized carbons (Fsp3) is 0.0769. The summed E-state index contributed by atoms with van der Waals surface area (Å²) in [5.74, 6) is -0.233. The Morgan fingerprint density at radius 2 is 1.77 bits per heavy atom. The second-order valence-electron chi connectivity index (χ2n) is 4.08. The lowest BCUT2D eigenvalue weighted by molar-refractivity contribution is -0.0497. The molecule has 0 unspecified atom stereocenters. The summed E-state index contributed by atoms with van der Waals surface area (Å²) < 4.78 is 55.8. The first-order valence-corrected chi connectivity index (χ1v) is 8.46. The second-order valence-corrected chi connectivity index (χ2v) is 7.09. The van der Waals surface area contributed by atoms with Crippen LogP contribution in [0, 0.1) is 0 Å². The lowest BCUT2D eigenvalue weighted by atomic mass is 10.3. The molecule has 0 fully saturated rings. The van der Waals surface area contributed by atoms with E-state index in [9.17, 15) is 17.2 Å². The van der Waals surface area contributed by atoms with Crippen LogP contribution in [0.1, 0.15) is 0 Å². The maximum atomic E-state index is 12.2. The Kier molecular flexibility index (Phi) is 5.25. The Hall–Kier alpha value is -1.38. The Balaban J connectivity index is 2.23. The van der Waals surface area contributed by atoms with Crippen LogP contribution < -0.4 is 9.46 Å². The zero-order chi connectivity index (χ0) is 16.3. The SMILES string of the molecule is O=S(=O)(Nc1ccc(OC(F)F)c(Cl)c1)c1ccc(Br)cc1. The van der Waals surface area contributed by atoms with Crippen LogP contribution in [0.2, 0.25) is 5.02 Å². The van der Waals surface area contributed by atoms with Crippen molar-refractivity contribution < 1.29 is 21.9 Å². The molecule has 0 aromatic heterocycles. The Labute approximate surface area is 139 Å². The van der Waals surface area contributed by atoms with Gasteiger partial charge in [0, 0.05) is 4.47 Å². The van der Waals surface area contributed by atoms with E-state index in [2.05, 4.69) is 25.4 Å². The fourth-order valence-electron chi connectivity index (χ4n) is 1.58. The lowest BCUT2D eigenvalue weighted by Gasteiger charge is -2.11. The van der Waals surface area contributed by atoms with Crippen LogP contribution in [0.4, 0.5) is 14.5 Å². The molecule has 0 aliphatic rings. The number of hydrogen-bond donors (Lipinski definition) is 1. The van der Waals surface area contributed by atoms with E-state index >= 15 is 0 Å². The van der Waals surface area contributed by atoms with Crippen molar-refractivity contribution >= 4 is 43.2 Å². The number of anilines is 1. The van der Waals surface area contributed by atoms with E-state index in [4.69, 9.17) is 11.6 Å². The van der Waals surface area contributed by atoms with E-state index in [1.807, 2.05) is 0 Å². The molecule has 2 aromatic carbocycles. The van der Waals surface area contributed by atoms with Gasteiger partial charge in [-0.15, -0.1) is 0 Å². The maximum Gasteiger partial charge on any atom is 0.387 e. The minimum absolute atomic E-state index is 0.0553. The second kappa shape index (κ2) is 6.80. The van der Waals surface area contributed by atoms with E-state index in [1.54, 1.807) is 12.1 Å². The summed E-state index contributed by atoms with van der Waals surface area (Å²) in [5, 5.41) is -0.128. The molecule has 0 spiro atoms. The van der Waals surface area contributed by atoms with Gasteiger partial charge in [0.2, 0.25) is 0 Å². The van der Waals surface area contributed by atoms with Gasteiger partial charge in [-0.25, -0.2) is 8.42 Å². The zero-order valence-electron chi connectivity index (χ0n) is 10.8. The van der Waals surface area contributed by atoms with Gasteiger partial charge >= 0.3 is 6.61 Å². The highest BCUT2D eigenvalue weighted by atomic mass is 79.9. The van der Waals surface area contributed by atoms with E-state index in [0.29, 0.717) is 0 Å². The largest absolute Gasteiger partial charge is 0.433 e. The molecule has 2 aromatic rings. The number of sulfonamides is 1. The van der Waals surface area contributed by atoms with Gasteiger partial charge in [0.05, 0.1) is 15.6 Å². The molecule has 9 heteroatoms. The summed E-state index contributed by atoms with van der Waals surface area (Å²) >= 11 is 8.98. The molecule has 0 amide bonds. The van der Waals surface area contributed by atoms with Gasteiger partial charge in [-0.3, -0.25) is 4.72 Å². The van der Waals surface area contributed by atoms with Crippen molar-refractivity contribution in [3.8, 4) is 5.75 Å². The third-order valence-electron chi connectivity index (χ3n) is 2.52.